The predicted octanol–water partition coefficient (Wildman–Crippen LogP) is 7.17. The Kier molecular flexibility index (Phi) is 6.92. The second kappa shape index (κ2) is 10.2. The van der Waals surface area contributed by atoms with Crippen molar-refractivity contribution < 1.29 is 19.1 Å². The molecule has 1 saturated heterocycles. The maximum Gasteiger partial charge on any atom is 0.337 e. The van der Waals surface area contributed by atoms with Crippen LogP contribution in [0.4, 0.5) is 21.5 Å². The van der Waals surface area contributed by atoms with Gasteiger partial charge in [-0.3, -0.25) is 4.79 Å². The molecule has 6 nitrogen and oxygen atoms in total. The number of nitrogens with zero attached hydrogens (tertiary/aromatic N) is 1. The van der Waals surface area contributed by atoms with Gasteiger partial charge in [-0.05, 0) is 71.3 Å². The van der Waals surface area contributed by atoms with E-state index >= 15 is 0 Å². The third kappa shape index (κ3) is 5.00. The summed E-state index contributed by atoms with van der Waals surface area (Å²) in [6.07, 6.45) is 5.22. The first-order valence-electron chi connectivity index (χ1n) is 12.6. The van der Waals surface area contributed by atoms with Crippen molar-refractivity contribution in [2.75, 3.05) is 28.0 Å². The predicted molar refractivity (Wildman–Crippen MR) is 153 cm³/mol. The van der Waals surface area contributed by atoms with E-state index in [1.807, 2.05) is 63.3 Å². The molecule has 0 aromatic heterocycles. The average molecular weight is 532 g/mol. The van der Waals surface area contributed by atoms with Crippen molar-refractivity contribution in [1.29, 1.82) is 0 Å². The molecule has 1 fully saturated rings. The molecule has 0 unspecified atom stereocenters. The lowest BCUT2D eigenvalue weighted by Gasteiger charge is -2.23. The van der Waals surface area contributed by atoms with Gasteiger partial charge in [0.25, 0.3) is 0 Å². The minimum absolute atomic E-state index is 0.0882. The summed E-state index contributed by atoms with van der Waals surface area (Å²) in [5.41, 5.74) is 5.14. The third-order valence-corrected chi connectivity index (χ3v) is 7.67. The molecule has 2 aliphatic rings. The van der Waals surface area contributed by atoms with E-state index in [-0.39, 0.29) is 22.7 Å². The number of amides is 1. The van der Waals surface area contributed by atoms with Crippen LogP contribution in [-0.4, -0.2) is 30.1 Å². The molecule has 8 heteroatoms. The highest BCUT2D eigenvalue weighted by molar-refractivity contribution is 8.00. The zero-order valence-corrected chi connectivity index (χ0v) is 22.4. The molecule has 5 rings (SSSR count). The number of fused-ring (bicyclic) bond motifs is 1. The van der Waals surface area contributed by atoms with Crippen molar-refractivity contribution in [3.63, 3.8) is 0 Å². The fourth-order valence-corrected chi connectivity index (χ4v) is 5.65. The van der Waals surface area contributed by atoms with Crippen LogP contribution in [0.2, 0.25) is 0 Å². The van der Waals surface area contributed by atoms with E-state index in [0.29, 0.717) is 30.8 Å². The fourth-order valence-electron chi connectivity index (χ4n) is 4.95. The van der Waals surface area contributed by atoms with Crippen LogP contribution in [0.5, 0.6) is 0 Å². The standard InChI is InChI=1S/C30H30FN3O3S/c1-30(2,3)24-12-9-19(17-25(24)31)38-33-26-13-8-18(34-15-5-7-27(34)35)16-23(26)20-10-11-22(29(36)37)28-21(20)6-4-14-32-28/h4,6,8-13,16-17,32-33H,5,7,14-15H2,1-3H3,(H,36,37). The second-order valence-corrected chi connectivity index (χ2v) is 11.4. The fraction of sp³-hybridized carbons (Fsp3) is 0.267. The first kappa shape index (κ1) is 25.9. The Labute approximate surface area is 226 Å². The molecule has 0 bridgehead atoms. The normalized spacial score (nSPS) is 14.8. The van der Waals surface area contributed by atoms with Gasteiger partial charge in [-0.2, -0.15) is 0 Å². The van der Waals surface area contributed by atoms with Gasteiger partial charge in [0.1, 0.15) is 5.82 Å². The highest BCUT2D eigenvalue weighted by Crippen LogP contribution is 2.42. The van der Waals surface area contributed by atoms with Crippen molar-refractivity contribution in [2.45, 2.75) is 43.9 Å². The summed E-state index contributed by atoms with van der Waals surface area (Å²) < 4.78 is 18.2. The Bertz CT molecular complexity index is 1460. The third-order valence-electron chi connectivity index (χ3n) is 6.86. The van der Waals surface area contributed by atoms with Crippen molar-refractivity contribution >= 4 is 47.0 Å². The Morgan fingerprint density at radius 3 is 2.61 bits per heavy atom. The molecule has 2 aliphatic heterocycles. The van der Waals surface area contributed by atoms with Crippen molar-refractivity contribution in [3.8, 4) is 11.1 Å². The molecule has 0 atom stereocenters. The van der Waals surface area contributed by atoms with Crippen LogP contribution in [0.3, 0.4) is 0 Å². The number of hydrogen-bond donors (Lipinski definition) is 3. The Balaban J connectivity index is 1.56. The number of carboxylic acid groups (broad SMARTS) is 1. The van der Waals surface area contributed by atoms with Gasteiger partial charge < -0.3 is 20.0 Å². The Morgan fingerprint density at radius 2 is 1.92 bits per heavy atom. The number of anilines is 3. The maximum atomic E-state index is 14.8. The quantitative estimate of drug-likeness (QED) is 0.293. The van der Waals surface area contributed by atoms with Gasteiger partial charge in [0, 0.05) is 41.2 Å². The monoisotopic (exact) mass is 531 g/mol. The van der Waals surface area contributed by atoms with Crippen LogP contribution in [0.1, 0.15) is 55.1 Å². The van der Waals surface area contributed by atoms with Gasteiger partial charge >= 0.3 is 5.97 Å². The summed E-state index contributed by atoms with van der Waals surface area (Å²) in [4.78, 5) is 26.9. The van der Waals surface area contributed by atoms with Crippen molar-refractivity contribution in [1.82, 2.24) is 0 Å². The molecular weight excluding hydrogens is 501 g/mol. The van der Waals surface area contributed by atoms with Gasteiger partial charge in [-0.25, -0.2) is 9.18 Å². The van der Waals surface area contributed by atoms with Gasteiger partial charge in [0.15, 0.2) is 0 Å². The molecule has 0 spiro atoms. The summed E-state index contributed by atoms with van der Waals surface area (Å²) in [5.74, 6) is -1.16. The van der Waals surface area contributed by atoms with Crippen molar-refractivity contribution in [2.24, 2.45) is 0 Å². The highest BCUT2D eigenvalue weighted by Gasteiger charge is 2.25. The lowest BCUT2D eigenvalue weighted by atomic mass is 9.87. The van der Waals surface area contributed by atoms with Crippen LogP contribution in [0.25, 0.3) is 17.2 Å². The zero-order chi connectivity index (χ0) is 27.0. The molecule has 3 aromatic carbocycles. The smallest absolute Gasteiger partial charge is 0.337 e. The van der Waals surface area contributed by atoms with Crippen molar-refractivity contribution in [3.05, 3.63) is 77.1 Å². The first-order valence-corrected chi connectivity index (χ1v) is 13.4. The van der Waals surface area contributed by atoms with E-state index in [0.717, 1.165) is 39.4 Å². The molecule has 196 valence electrons. The van der Waals surface area contributed by atoms with Crippen LogP contribution in [-0.2, 0) is 10.2 Å². The number of carboxylic acids is 1. The number of carbonyl (C=O) groups excluding carboxylic acids is 1. The average Bonchev–Trinajstić information content (AvgIpc) is 3.31. The largest absolute Gasteiger partial charge is 0.478 e. The summed E-state index contributed by atoms with van der Waals surface area (Å²) >= 11 is 1.30. The van der Waals surface area contributed by atoms with Gasteiger partial charge in [0.2, 0.25) is 5.91 Å². The lowest BCUT2D eigenvalue weighted by Crippen LogP contribution is -2.23. The van der Waals surface area contributed by atoms with Crippen LogP contribution >= 0.6 is 11.9 Å². The van der Waals surface area contributed by atoms with E-state index in [1.165, 1.54) is 18.0 Å². The number of carbonyl (C=O) groups is 2. The molecule has 3 N–H and O–H groups in total. The first-order chi connectivity index (χ1) is 18.1. The minimum atomic E-state index is -0.998. The van der Waals surface area contributed by atoms with Crippen LogP contribution in [0.15, 0.2) is 59.5 Å². The molecule has 3 aromatic rings. The van der Waals surface area contributed by atoms with Gasteiger partial charge in [0.05, 0.1) is 16.9 Å². The van der Waals surface area contributed by atoms with E-state index in [4.69, 9.17) is 0 Å². The Hall–Kier alpha value is -3.78. The SMILES string of the molecule is CC(C)(C)c1ccc(SNc2ccc(N3CCCC3=O)cc2-c2ccc(C(=O)O)c3c2C=CCN3)cc1F. The van der Waals surface area contributed by atoms with E-state index in [1.54, 1.807) is 17.0 Å². The summed E-state index contributed by atoms with van der Waals surface area (Å²) in [6, 6.07) is 14.4. The van der Waals surface area contributed by atoms with Crippen LogP contribution in [0, 0.1) is 5.82 Å². The topological polar surface area (TPSA) is 81.7 Å². The minimum Gasteiger partial charge on any atom is -0.478 e. The molecule has 1 amide bonds. The number of nitrogens with one attached hydrogen (secondary N) is 2. The highest BCUT2D eigenvalue weighted by atomic mass is 32.2. The molecule has 2 heterocycles. The van der Waals surface area contributed by atoms with Crippen LogP contribution < -0.4 is 14.9 Å². The zero-order valence-electron chi connectivity index (χ0n) is 21.6. The van der Waals surface area contributed by atoms with Gasteiger partial charge in [-0.15, -0.1) is 0 Å². The molecule has 38 heavy (non-hydrogen) atoms. The number of halogens is 1. The van der Waals surface area contributed by atoms with E-state index in [9.17, 15) is 19.1 Å². The number of hydrogen-bond acceptors (Lipinski definition) is 5. The molecule has 0 radical (unpaired) electrons. The number of benzene rings is 3. The van der Waals surface area contributed by atoms with E-state index < -0.39 is 5.97 Å². The molecule has 0 aliphatic carbocycles. The maximum absolute atomic E-state index is 14.8. The van der Waals surface area contributed by atoms with E-state index in [2.05, 4.69) is 10.0 Å². The molecular formula is C30H30FN3O3S. The Morgan fingerprint density at radius 1 is 1.11 bits per heavy atom. The number of aromatic carboxylic acids is 1. The number of rotatable bonds is 6. The molecule has 0 saturated carbocycles. The lowest BCUT2D eigenvalue weighted by molar-refractivity contribution is -0.117. The summed E-state index contributed by atoms with van der Waals surface area (Å²) in [5, 5.41) is 12.9. The van der Waals surface area contributed by atoms with Gasteiger partial charge in [-0.1, -0.05) is 45.1 Å². The summed E-state index contributed by atoms with van der Waals surface area (Å²) in [7, 11) is 0. The second-order valence-electron chi connectivity index (χ2n) is 10.5. The summed E-state index contributed by atoms with van der Waals surface area (Å²) in [6.45, 7) is 7.14.